The number of methoxy groups -OCH3 is 1. The molecule has 268 valence electrons. The van der Waals surface area contributed by atoms with Crippen molar-refractivity contribution in [3.05, 3.63) is 90.5 Å². The van der Waals surface area contributed by atoms with E-state index in [1.807, 2.05) is 6.07 Å². The lowest BCUT2D eigenvalue weighted by Crippen LogP contribution is -2.57. The monoisotopic (exact) mass is 771 g/mol. The third kappa shape index (κ3) is 7.41. The van der Waals surface area contributed by atoms with Crippen LogP contribution < -0.4 is 10.2 Å². The van der Waals surface area contributed by atoms with Crippen molar-refractivity contribution in [2.45, 2.75) is 60.4 Å². The summed E-state index contributed by atoms with van der Waals surface area (Å²) in [6.45, 7) is 7.57. The normalized spacial score (nSPS) is 26.2. The summed E-state index contributed by atoms with van der Waals surface area (Å²) in [6, 6.07) is 13.9. The van der Waals surface area contributed by atoms with Crippen LogP contribution >= 0.6 is 27.5 Å². The summed E-state index contributed by atoms with van der Waals surface area (Å²) >= 11 is 9.84. The molecule has 2 aromatic carbocycles. The largest absolute Gasteiger partial charge is 0.455 e. The Morgan fingerprint density at radius 3 is 2.54 bits per heavy atom. The maximum Gasteiger partial charge on any atom is 0.313 e. The van der Waals surface area contributed by atoms with Gasteiger partial charge < -0.3 is 34.4 Å². The first-order valence-corrected chi connectivity index (χ1v) is 18.0. The fourth-order valence-corrected chi connectivity index (χ4v) is 8.57. The third-order valence-electron chi connectivity index (χ3n) is 9.57. The molecule has 0 aliphatic carbocycles. The van der Waals surface area contributed by atoms with Crippen molar-refractivity contribution in [1.82, 2.24) is 10.2 Å². The fraction of sp³-hybridized carbons (Fsp3) is 0.459. The van der Waals surface area contributed by atoms with Gasteiger partial charge in [-0.05, 0) is 49.1 Å². The van der Waals surface area contributed by atoms with Crippen molar-refractivity contribution in [3.8, 4) is 0 Å². The molecule has 1 unspecified atom stereocenters. The van der Waals surface area contributed by atoms with Crippen molar-refractivity contribution in [2.75, 3.05) is 38.3 Å². The summed E-state index contributed by atoms with van der Waals surface area (Å²) in [5.41, 5.74) is -0.178. The van der Waals surface area contributed by atoms with Gasteiger partial charge in [-0.25, -0.2) is 0 Å². The number of alkyl halides is 1. The van der Waals surface area contributed by atoms with Gasteiger partial charge in [-0.15, -0.1) is 13.2 Å². The van der Waals surface area contributed by atoms with E-state index in [0.717, 1.165) is 0 Å². The molecule has 0 radical (unpaired) electrons. The van der Waals surface area contributed by atoms with Crippen molar-refractivity contribution in [1.29, 1.82) is 0 Å². The van der Waals surface area contributed by atoms with Gasteiger partial charge in [0.15, 0.2) is 0 Å². The molecule has 2 aromatic rings. The number of anilines is 1. The number of esters is 1. The SMILES string of the molecule is C=CCCC(=O)N[C@@H](COC)[C@@H](OC(=O)[C@@H]1[C@H]2O[C@@]3(CC2Br)[C@H](C(=O)N(CC=C)c2ccc(Cl)cc2)N(CCCO)C(=O)[C@@H]13)c1ccccc1. The summed E-state index contributed by atoms with van der Waals surface area (Å²) < 4.78 is 18.4. The minimum Gasteiger partial charge on any atom is -0.455 e. The quantitative estimate of drug-likeness (QED) is 0.138. The van der Waals surface area contributed by atoms with Gasteiger partial charge in [-0.1, -0.05) is 70.0 Å². The van der Waals surface area contributed by atoms with Crippen molar-refractivity contribution in [2.24, 2.45) is 11.8 Å². The van der Waals surface area contributed by atoms with E-state index in [2.05, 4.69) is 34.4 Å². The Bertz CT molecular complexity index is 1560. The molecule has 11 nitrogen and oxygen atoms in total. The molecular weight excluding hydrogens is 730 g/mol. The zero-order valence-corrected chi connectivity index (χ0v) is 30.3. The Balaban J connectivity index is 1.51. The molecule has 0 saturated carbocycles. The minimum atomic E-state index is -1.36. The van der Waals surface area contributed by atoms with Gasteiger partial charge in [0, 0.05) is 48.8 Å². The smallest absolute Gasteiger partial charge is 0.313 e. The highest BCUT2D eigenvalue weighted by atomic mass is 79.9. The number of nitrogens with zero attached hydrogens (tertiary/aromatic N) is 2. The van der Waals surface area contributed by atoms with Gasteiger partial charge in [0.1, 0.15) is 17.7 Å². The number of nitrogens with one attached hydrogen (secondary N) is 1. The number of aliphatic hydroxyl groups is 1. The number of carbonyl (C=O) groups is 4. The first-order valence-electron chi connectivity index (χ1n) is 16.7. The highest BCUT2D eigenvalue weighted by Crippen LogP contribution is 2.60. The Labute approximate surface area is 305 Å². The van der Waals surface area contributed by atoms with Gasteiger partial charge in [-0.2, -0.15) is 0 Å². The number of aliphatic hydroxyl groups excluding tert-OH is 1. The molecule has 3 amide bonds. The van der Waals surface area contributed by atoms with Crippen molar-refractivity contribution in [3.63, 3.8) is 0 Å². The van der Waals surface area contributed by atoms with E-state index in [-0.39, 0.29) is 49.9 Å². The summed E-state index contributed by atoms with van der Waals surface area (Å²) in [5, 5.41) is 13.2. The lowest BCUT2D eigenvalue weighted by molar-refractivity contribution is -0.163. The van der Waals surface area contributed by atoms with E-state index in [1.165, 1.54) is 16.9 Å². The molecule has 2 bridgehead atoms. The molecule has 3 aliphatic heterocycles. The van der Waals surface area contributed by atoms with Crippen LogP contribution in [0.2, 0.25) is 5.02 Å². The Morgan fingerprint density at radius 1 is 1.18 bits per heavy atom. The van der Waals surface area contributed by atoms with Crippen LogP contribution in [0.3, 0.4) is 0 Å². The molecule has 3 saturated heterocycles. The molecule has 5 rings (SSSR count). The standard InChI is InChI=1S/C37H43BrClN3O8/c1-4-6-13-28(44)40-27(22-48-3)31(23-11-8-7-9-12-23)49-36(47)29-30-34(45)42(19-10-20-43)33(37(30)21-26(38)32(29)50-37)35(46)41(18-5-2)25-16-14-24(39)15-17-25/h4-5,7-9,11-12,14-17,26-27,29-33,43H,1-2,6,10,13,18-22H2,3H3,(H,40,44)/t26?,27-,29-,30+,31-,32-,33-,37+/m0/s1. The molecule has 3 fully saturated rings. The number of hydrogen-bond acceptors (Lipinski definition) is 8. The highest BCUT2D eigenvalue weighted by Gasteiger charge is 2.77. The zero-order chi connectivity index (χ0) is 36.0. The molecule has 1 spiro atoms. The maximum atomic E-state index is 14.7. The zero-order valence-electron chi connectivity index (χ0n) is 27.9. The van der Waals surface area contributed by atoms with Crippen molar-refractivity contribution >= 4 is 56.9 Å². The van der Waals surface area contributed by atoms with Crippen LogP contribution in [0, 0.1) is 11.8 Å². The van der Waals surface area contributed by atoms with Crippen LogP contribution in [0.1, 0.15) is 37.4 Å². The topological polar surface area (TPSA) is 135 Å². The average molecular weight is 773 g/mol. The van der Waals surface area contributed by atoms with E-state index in [9.17, 15) is 24.3 Å². The molecule has 50 heavy (non-hydrogen) atoms. The lowest BCUT2D eigenvalue weighted by Gasteiger charge is -2.37. The average Bonchev–Trinajstić information content (AvgIpc) is 3.71. The second-order valence-corrected chi connectivity index (χ2v) is 14.3. The predicted octanol–water partition coefficient (Wildman–Crippen LogP) is 4.37. The van der Waals surface area contributed by atoms with Gasteiger partial charge in [0.2, 0.25) is 11.8 Å². The summed E-state index contributed by atoms with van der Waals surface area (Å²) in [6.07, 6.45) is 2.68. The van der Waals surface area contributed by atoms with Gasteiger partial charge in [0.25, 0.3) is 5.91 Å². The number of likely N-dealkylation sites (tertiary alicyclic amines) is 1. The summed E-state index contributed by atoms with van der Waals surface area (Å²) in [7, 11) is 1.49. The third-order valence-corrected chi connectivity index (χ3v) is 10.7. The minimum absolute atomic E-state index is 0.0416. The van der Waals surface area contributed by atoms with E-state index in [0.29, 0.717) is 29.1 Å². The molecule has 3 heterocycles. The van der Waals surface area contributed by atoms with Gasteiger partial charge in [-0.3, -0.25) is 19.2 Å². The first kappa shape index (κ1) is 37.7. The van der Waals surface area contributed by atoms with E-state index >= 15 is 0 Å². The highest BCUT2D eigenvalue weighted by molar-refractivity contribution is 9.09. The van der Waals surface area contributed by atoms with Crippen LogP contribution in [0.15, 0.2) is 79.9 Å². The number of benzene rings is 2. The molecule has 3 aliphatic rings. The van der Waals surface area contributed by atoms with Gasteiger partial charge >= 0.3 is 5.97 Å². The first-order chi connectivity index (χ1) is 24.1. The lowest BCUT2D eigenvalue weighted by atomic mass is 9.70. The molecule has 13 heteroatoms. The molecule has 0 aromatic heterocycles. The van der Waals surface area contributed by atoms with Crippen LogP contribution in [-0.4, -0.2) is 95.7 Å². The second-order valence-electron chi connectivity index (χ2n) is 12.7. The Morgan fingerprint density at radius 2 is 1.90 bits per heavy atom. The Hall–Kier alpha value is -3.55. The predicted molar refractivity (Wildman–Crippen MR) is 192 cm³/mol. The molecular formula is C37H43BrClN3O8. The van der Waals surface area contributed by atoms with E-state index in [1.54, 1.807) is 60.7 Å². The van der Waals surface area contributed by atoms with Gasteiger partial charge in [0.05, 0.1) is 30.6 Å². The number of carbonyl (C=O) groups excluding carboxylic acids is 4. The maximum absolute atomic E-state index is 14.7. The summed E-state index contributed by atoms with van der Waals surface area (Å²) in [5.74, 6) is -3.87. The van der Waals surface area contributed by atoms with Crippen LogP contribution in [0.5, 0.6) is 0 Å². The molecule has 2 N–H and O–H groups in total. The number of halogens is 2. The molecule has 8 atom stereocenters. The number of ether oxygens (including phenoxy) is 3. The summed E-state index contributed by atoms with van der Waals surface area (Å²) in [4.78, 5) is 59.1. The number of fused-ring (bicyclic) bond motifs is 1. The van der Waals surface area contributed by atoms with Crippen LogP contribution in [-0.2, 0) is 33.4 Å². The van der Waals surface area contributed by atoms with E-state index in [4.69, 9.17) is 25.8 Å². The fourth-order valence-electron chi connectivity index (χ4n) is 7.51. The number of allylic oxidation sites excluding steroid dienone is 1. The number of hydrogen-bond donors (Lipinski definition) is 2. The van der Waals surface area contributed by atoms with Crippen LogP contribution in [0.25, 0.3) is 0 Å². The number of amides is 3. The number of rotatable bonds is 17. The van der Waals surface area contributed by atoms with Crippen LogP contribution in [0.4, 0.5) is 5.69 Å². The van der Waals surface area contributed by atoms with E-state index < -0.39 is 59.5 Å². The second kappa shape index (κ2) is 16.6. The van der Waals surface area contributed by atoms with Crippen molar-refractivity contribution < 1.29 is 38.5 Å². The Kier molecular flexibility index (Phi) is 12.6.